The zero-order valence-electron chi connectivity index (χ0n) is 14.4. The van der Waals surface area contributed by atoms with Crippen molar-refractivity contribution in [3.8, 4) is 0 Å². The lowest BCUT2D eigenvalue weighted by Gasteiger charge is -2.29. The van der Waals surface area contributed by atoms with Gasteiger partial charge in [0.05, 0.1) is 5.92 Å². The lowest BCUT2D eigenvalue weighted by atomic mass is 9.77. The predicted octanol–water partition coefficient (Wildman–Crippen LogP) is 3.76. The number of hydrogen-bond acceptors (Lipinski definition) is 3. The van der Waals surface area contributed by atoms with E-state index in [9.17, 15) is 14.7 Å². The summed E-state index contributed by atoms with van der Waals surface area (Å²) >= 11 is 0. The van der Waals surface area contributed by atoms with Gasteiger partial charge in [0.15, 0.2) is 5.78 Å². The molecule has 0 amide bonds. The average molecular weight is 318 g/mol. The Balaban J connectivity index is 2.27. The number of hydrogen-bond donors (Lipinski definition) is 1. The highest BCUT2D eigenvalue weighted by atomic mass is 16.5. The van der Waals surface area contributed by atoms with Crippen LogP contribution < -0.4 is 0 Å². The SMILES string of the molecule is COC(C(=O)C1CCCC(C(=O)O)C1)c1c(C)cc(C)cc1C. The minimum absolute atomic E-state index is 0.0218. The fourth-order valence-corrected chi connectivity index (χ4v) is 3.87. The number of carbonyl (C=O) groups excluding carboxylic acids is 1. The zero-order valence-corrected chi connectivity index (χ0v) is 14.4. The Kier molecular flexibility index (Phi) is 5.58. The van der Waals surface area contributed by atoms with Crippen LogP contribution in [0, 0.1) is 32.6 Å². The van der Waals surface area contributed by atoms with Crippen LogP contribution in [0.1, 0.15) is 54.0 Å². The Hall–Kier alpha value is -1.68. The summed E-state index contributed by atoms with van der Waals surface area (Å²) in [4.78, 5) is 24.2. The first kappa shape index (κ1) is 17.7. The third-order valence-electron chi connectivity index (χ3n) is 4.92. The van der Waals surface area contributed by atoms with E-state index in [1.165, 1.54) is 0 Å². The van der Waals surface area contributed by atoms with Gasteiger partial charge in [0.25, 0.3) is 0 Å². The molecule has 4 heteroatoms. The maximum absolute atomic E-state index is 13.0. The molecule has 1 saturated carbocycles. The monoisotopic (exact) mass is 318 g/mol. The molecule has 0 bridgehead atoms. The van der Waals surface area contributed by atoms with Gasteiger partial charge in [-0.05, 0) is 56.7 Å². The fourth-order valence-electron chi connectivity index (χ4n) is 3.87. The largest absolute Gasteiger partial charge is 0.481 e. The van der Waals surface area contributed by atoms with Crippen LogP contribution in [-0.2, 0) is 14.3 Å². The number of rotatable bonds is 5. The molecular formula is C19H26O4. The summed E-state index contributed by atoms with van der Waals surface area (Å²) in [6, 6.07) is 4.12. The molecule has 1 aliphatic rings. The molecule has 23 heavy (non-hydrogen) atoms. The van der Waals surface area contributed by atoms with Crippen LogP contribution in [0.2, 0.25) is 0 Å². The van der Waals surface area contributed by atoms with Crippen molar-refractivity contribution in [3.05, 3.63) is 34.4 Å². The van der Waals surface area contributed by atoms with E-state index in [0.717, 1.165) is 35.1 Å². The number of aryl methyl sites for hydroxylation is 3. The number of carboxylic acid groups (broad SMARTS) is 1. The van der Waals surface area contributed by atoms with E-state index in [2.05, 4.69) is 12.1 Å². The molecule has 1 aliphatic carbocycles. The number of carbonyl (C=O) groups is 2. The Morgan fingerprint density at radius 2 is 1.70 bits per heavy atom. The molecule has 1 aromatic carbocycles. The molecular weight excluding hydrogens is 292 g/mol. The average Bonchev–Trinajstić information content (AvgIpc) is 2.50. The lowest BCUT2D eigenvalue weighted by molar-refractivity contribution is -0.145. The van der Waals surface area contributed by atoms with Crippen LogP contribution in [0.3, 0.4) is 0 Å². The second-order valence-corrected chi connectivity index (χ2v) is 6.73. The summed E-state index contributed by atoms with van der Waals surface area (Å²) in [5.41, 5.74) is 4.19. The quantitative estimate of drug-likeness (QED) is 0.898. The highest BCUT2D eigenvalue weighted by Crippen LogP contribution is 2.36. The number of Topliss-reactive ketones (excluding diaryl/α,β-unsaturated/α-hetero) is 1. The smallest absolute Gasteiger partial charge is 0.306 e. The van der Waals surface area contributed by atoms with Gasteiger partial charge in [-0.1, -0.05) is 24.1 Å². The second kappa shape index (κ2) is 7.26. The van der Waals surface area contributed by atoms with Crippen molar-refractivity contribution in [2.45, 2.75) is 52.6 Å². The third kappa shape index (κ3) is 3.81. The summed E-state index contributed by atoms with van der Waals surface area (Å²) < 4.78 is 5.55. The van der Waals surface area contributed by atoms with Crippen molar-refractivity contribution >= 4 is 11.8 Å². The Morgan fingerprint density at radius 3 is 2.22 bits per heavy atom. The number of benzene rings is 1. The van der Waals surface area contributed by atoms with Crippen molar-refractivity contribution in [3.63, 3.8) is 0 Å². The van der Waals surface area contributed by atoms with E-state index in [0.29, 0.717) is 12.8 Å². The lowest BCUT2D eigenvalue weighted by Crippen LogP contribution is -2.31. The maximum Gasteiger partial charge on any atom is 0.306 e. The van der Waals surface area contributed by atoms with Crippen molar-refractivity contribution in [1.82, 2.24) is 0 Å². The van der Waals surface area contributed by atoms with Crippen molar-refractivity contribution in [2.75, 3.05) is 7.11 Å². The van der Waals surface area contributed by atoms with E-state index in [4.69, 9.17) is 4.74 Å². The van der Waals surface area contributed by atoms with E-state index in [-0.39, 0.29) is 11.7 Å². The van der Waals surface area contributed by atoms with Crippen LogP contribution in [0.4, 0.5) is 0 Å². The number of aliphatic carboxylic acids is 1. The normalized spacial score (nSPS) is 22.6. The van der Waals surface area contributed by atoms with Crippen molar-refractivity contribution in [1.29, 1.82) is 0 Å². The van der Waals surface area contributed by atoms with Crippen LogP contribution in [-0.4, -0.2) is 24.0 Å². The number of carboxylic acids is 1. The summed E-state index contributed by atoms with van der Waals surface area (Å²) in [5, 5.41) is 9.23. The standard InChI is InChI=1S/C19H26O4/c1-11-8-12(2)16(13(3)9-11)18(23-4)17(20)14-6-5-7-15(10-14)19(21)22/h8-9,14-15,18H,5-7,10H2,1-4H3,(H,21,22). The second-order valence-electron chi connectivity index (χ2n) is 6.73. The van der Waals surface area contributed by atoms with Gasteiger partial charge >= 0.3 is 5.97 Å². The molecule has 1 N–H and O–H groups in total. The molecule has 1 fully saturated rings. The van der Waals surface area contributed by atoms with E-state index >= 15 is 0 Å². The predicted molar refractivity (Wildman–Crippen MR) is 88.5 cm³/mol. The van der Waals surface area contributed by atoms with Gasteiger partial charge in [-0.3, -0.25) is 9.59 Å². The zero-order chi connectivity index (χ0) is 17.1. The molecule has 0 aromatic heterocycles. The van der Waals surface area contributed by atoms with Crippen LogP contribution in [0.25, 0.3) is 0 Å². The molecule has 1 aromatic rings. The number of ether oxygens (including phenoxy) is 1. The van der Waals surface area contributed by atoms with Crippen molar-refractivity contribution < 1.29 is 19.4 Å². The van der Waals surface area contributed by atoms with Gasteiger partial charge in [-0.15, -0.1) is 0 Å². The Bertz CT molecular complexity index is 582. The Labute approximate surface area is 137 Å². The Morgan fingerprint density at radius 1 is 1.13 bits per heavy atom. The van der Waals surface area contributed by atoms with E-state index in [1.54, 1.807) is 7.11 Å². The molecule has 0 spiro atoms. The van der Waals surface area contributed by atoms with Crippen LogP contribution >= 0.6 is 0 Å². The van der Waals surface area contributed by atoms with Crippen molar-refractivity contribution in [2.24, 2.45) is 11.8 Å². The van der Waals surface area contributed by atoms with Crippen LogP contribution in [0.5, 0.6) is 0 Å². The van der Waals surface area contributed by atoms with Gasteiger partial charge in [0.2, 0.25) is 0 Å². The highest BCUT2D eigenvalue weighted by molar-refractivity contribution is 5.88. The minimum Gasteiger partial charge on any atom is -0.481 e. The summed E-state index contributed by atoms with van der Waals surface area (Å²) in [6.07, 6.45) is 2.03. The van der Waals surface area contributed by atoms with Gasteiger partial charge in [0.1, 0.15) is 6.10 Å². The maximum atomic E-state index is 13.0. The topological polar surface area (TPSA) is 63.6 Å². The molecule has 0 radical (unpaired) electrons. The first-order valence-corrected chi connectivity index (χ1v) is 8.22. The summed E-state index contributed by atoms with van der Waals surface area (Å²) in [5.74, 6) is -1.40. The van der Waals surface area contributed by atoms with Gasteiger partial charge in [-0.2, -0.15) is 0 Å². The molecule has 3 atom stereocenters. The van der Waals surface area contributed by atoms with E-state index < -0.39 is 18.0 Å². The first-order valence-electron chi connectivity index (χ1n) is 8.22. The highest BCUT2D eigenvalue weighted by Gasteiger charge is 2.35. The molecule has 2 rings (SSSR count). The molecule has 126 valence electrons. The van der Waals surface area contributed by atoms with Gasteiger partial charge in [0, 0.05) is 13.0 Å². The molecule has 0 saturated heterocycles. The summed E-state index contributed by atoms with van der Waals surface area (Å²) in [7, 11) is 1.55. The summed E-state index contributed by atoms with van der Waals surface area (Å²) in [6.45, 7) is 6.02. The van der Waals surface area contributed by atoms with Gasteiger partial charge < -0.3 is 9.84 Å². The minimum atomic E-state index is -0.792. The molecule has 0 heterocycles. The third-order valence-corrected chi connectivity index (χ3v) is 4.92. The van der Waals surface area contributed by atoms with Gasteiger partial charge in [-0.25, -0.2) is 0 Å². The first-order chi connectivity index (χ1) is 10.8. The molecule has 0 aliphatic heterocycles. The van der Waals surface area contributed by atoms with Crippen LogP contribution in [0.15, 0.2) is 12.1 Å². The molecule has 4 nitrogen and oxygen atoms in total. The number of methoxy groups -OCH3 is 1. The molecule has 3 unspecified atom stereocenters. The fraction of sp³-hybridized carbons (Fsp3) is 0.579. The van der Waals surface area contributed by atoms with E-state index in [1.807, 2.05) is 20.8 Å². The number of ketones is 1.